The van der Waals surface area contributed by atoms with Crippen molar-refractivity contribution in [1.82, 2.24) is 34.0 Å². The fourth-order valence-electron chi connectivity index (χ4n) is 5.52. The number of alkyl halides is 6. The molecule has 0 bridgehead atoms. The third-order valence-electron chi connectivity index (χ3n) is 7.91. The molecule has 1 atom stereocenters. The number of carbonyl (C=O) groups is 1. The van der Waals surface area contributed by atoms with Crippen molar-refractivity contribution in [1.29, 1.82) is 0 Å². The summed E-state index contributed by atoms with van der Waals surface area (Å²) < 4.78 is 85.2. The Morgan fingerprint density at radius 1 is 0.979 bits per heavy atom. The first kappa shape index (κ1) is 32.2. The zero-order valence-electron chi connectivity index (χ0n) is 24.9. The van der Waals surface area contributed by atoms with Gasteiger partial charge in [-0.05, 0) is 62.2 Å². The fourth-order valence-corrected chi connectivity index (χ4v) is 5.99. The third kappa shape index (κ3) is 5.97. The van der Waals surface area contributed by atoms with Gasteiger partial charge in [-0.1, -0.05) is 28.1 Å². The molecule has 9 nitrogen and oxygen atoms in total. The largest absolute Gasteiger partial charge is 0.435 e. The van der Waals surface area contributed by atoms with Crippen molar-refractivity contribution in [2.45, 2.75) is 45.2 Å². The molecule has 0 saturated heterocycles. The van der Waals surface area contributed by atoms with Crippen LogP contribution >= 0.6 is 15.9 Å². The Hall–Kier alpha value is -4.73. The SMILES string of the molecule is Cc1cc(C(F)(F)F)nn1-c1nc2c(c(=O)n1-c1ccc(-c3cnn(C)c3)cc1)CC(C)N(C(=O)c1ccc(Br)c(C(F)(F)F)c1)C2. The molecule has 4 heterocycles. The number of hydrogen-bond donors (Lipinski definition) is 0. The maximum absolute atomic E-state index is 14.2. The Labute approximate surface area is 271 Å². The highest BCUT2D eigenvalue weighted by molar-refractivity contribution is 9.10. The van der Waals surface area contributed by atoms with Gasteiger partial charge in [-0.25, -0.2) is 14.2 Å². The van der Waals surface area contributed by atoms with E-state index in [0.717, 1.165) is 34.0 Å². The van der Waals surface area contributed by atoms with Crippen molar-refractivity contribution in [2.75, 3.05) is 0 Å². The first-order chi connectivity index (χ1) is 22.0. The van der Waals surface area contributed by atoms with Gasteiger partial charge in [0, 0.05) is 46.1 Å². The first-order valence-electron chi connectivity index (χ1n) is 14.1. The van der Waals surface area contributed by atoms with Crippen LogP contribution in [0.5, 0.6) is 0 Å². The van der Waals surface area contributed by atoms with Crippen molar-refractivity contribution in [3.8, 4) is 22.8 Å². The molecule has 1 unspecified atom stereocenters. The number of benzene rings is 2. The van der Waals surface area contributed by atoms with Gasteiger partial charge in [0.1, 0.15) is 0 Å². The number of aromatic nitrogens is 6. The number of carbonyl (C=O) groups excluding carboxylic acids is 1. The van der Waals surface area contributed by atoms with Crippen LogP contribution in [-0.4, -0.2) is 46.0 Å². The number of hydrogen-bond acceptors (Lipinski definition) is 5. The number of halogens is 7. The standard InChI is InChI=1S/C31H24BrF6N7O2/c1-16-10-22-25(15-43(16)27(46)19-6-9-24(32)23(12-19)30(33,34)35)40-29(45-17(2)11-26(41-45)31(36,37)38)44(28(22)47)21-7-4-18(5-8-21)20-13-39-42(3)14-20/h4-9,11-14,16H,10,15H2,1-3H3. The summed E-state index contributed by atoms with van der Waals surface area (Å²) in [6, 6.07) is 10.0. The highest BCUT2D eigenvalue weighted by atomic mass is 79.9. The van der Waals surface area contributed by atoms with Gasteiger partial charge < -0.3 is 4.90 Å². The third-order valence-corrected chi connectivity index (χ3v) is 8.60. The van der Waals surface area contributed by atoms with Crippen LogP contribution in [0.15, 0.2) is 70.2 Å². The van der Waals surface area contributed by atoms with Crippen LogP contribution in [0.2, 0.25) is 0 Å². The van der Waals surface area contributed by atoms with Crippen LogP contribution in [0.4, 0.5) is 26.3 Å². The van der Waals surface area contributed by atoms with Crippen molar-refractivity contribution in [3.63, 3.8) is 0 Å². The number of amides is 1. The molecule has 6 rings (SSSR count). The van der Waals surface area contributed by atoms with E-state index in [1.807, 2.05) is 0 Å². The zero-order valence-corrected chi connectivity index (χ0v) is 26.4. The van der Waals surface area contributed by atoms with Gasteiger partial charge in [0.15, 0.2) is 5.69 Å². The maximum atomic E-state index is 14.2. The molecule has 1 amide bonds. The predicted octanol–water partition coefficient (Wildman–Crippen LogP) is 6.51. The Balaban J connectivity index is 1.47. The first-order valence-corrected chi connectivity index (χ1v) is 14.9. The highest BCUT2D eigenvalue weighted by Crippen LogP contribution is 2.36. The molecule has 0 spiro atoms. The Morgan fingerprint density at radius 3 is 2.28 bits per heavy atom. The van der Waals surface area contributed by atoms with Crippen molar-refractivity contribution in [3.05, 3.63) is 110 Å². The molecule has 0 fully saturated rings. The van der Waals surface area contributed by atoms with E-state index in [2.05, 4.69) is 31.1 Å². The lowest BCUT2D eigenvalue weighted by atomic mass is 9.98. The molecule has 1 aliphatic heterocycles. The van der Waals surface area contributed by atoms with Crippen molar-refractivity contribution >= 4 is 21.8 Å². The van der Waals surface area contributed by atoms with E-state index in [0.29, 0.717) is 5.69 Å². The smallest absolute Gasteiger partial charge is 0.330 e. The number of aryl methyl sites for hydroxylation is 2. The summed E-state index contributed by atoms with van der Waals surface area (Å²) in [6.45, 7) is 2.76. The second-order valence-corrected chi connectivity index (χ2v) is 12.0. The molecule has 16 heteroatoms. The van der Waals surface area contributed by atoms with Crippen LogP contribution in [0.25, 0.3) is 22.8 Å². The van der Waals surface area contributed by atoms with E-state index < -0.39 is 41.1 Å². The summed E-state index contributed by atoms with van der Waals surface area (Å²) in [5.74, 6) is -0.977. The van der Waals surface area contributed by atoms with Crippen LogP contribution in [0.1, 0.15) is 45.5 Å². The topological polar surface area (TPSA) is 90.8 Å². The summed E-state index contributed by atoms with van der Waals surface area (Å²) in [5, 5.41) is 7.87. The van der Waals surface area contributed by atoms with E-state index in [-0.39, 0.29) is 45.9 Å². The Bertz CT molecular complexity index is 2080. The zero-order chi connectivity index (χ0) is 34.0. The molecule has 0 radical (unpaired) electrons. The van der Waals surface area contributed by atoms with Gasteiger partial charge in [-0.15, -0.1) is 0 Å². The number of fused-ring (bicyclic) bond motifs is 1. The quantitative estimate of drug-likeness (QED) is 0.198. The predicted molar refractivity (Wildman–Crippen MR) is 161 cm³/mol. The molecule has 0 saturated carbocycles. The van der Waals surface area contributed by atoms with Gasteiger partial charge >= 0.3 is 12.4 Å². The molecule has 47 heavy (non-hydrogen) atoms. The van der Waals surface area contributed by atoms with E-state index >= 15 is 0 Å². The van der Waals surface area contributed by atoms with Gasteiger partial charge in [-0.2, -0.15) is 36.5 Å². The molecule has 3 aromatic heterocycles. The van der Waals surface area contributed by atoms with Crippen LogP contribution in [0, 0.1) is 6.92 Å². The Morgan fingerprint density at radius 2 is 1.68 bits per heavy atom. The van der Waals surface area contributed by atoms with E-state index in [9.17, 15) is 35.9 Å². The van der Waals surface area contributed by atoms with Gasteiger partial charge in [-0.3, -0.25) is 14.3 Å². The normalized spacial score (nSPS) is 15.2. The summed E-state index contributed by atoms with van der Waals surface area (Å²) in [5.41, 5.74) is -0.789. The fraction of sp³-hybridized carbons (Fsp3) is 0.258. The average Bonchev–Trinajstić information content (AvgIpc) is 3.62. The second-order valence-electron chi connectivity index (χ2n) is 11.2. The van der Waals surface area contributed by atoms with E-state index in [1.165, 1.54) is 22.5 Å². The summed E-state index contributed by atoms with van der Waals surface area (Å²) >= 11 is 2.87. The van der Waals surface area contributed by atoms with Gasteiger partial charge in [0.05, 0.1) is 29.7 Å². The monoisotopic (exact) mass is 719 g/mol. The minimum Gasteiger partial charge on any atom is -0.330 e. The molecule has 2 aromatic carbocycles. The second kappa shape index (κ2) is 11.5. The number of rotatable bonds is 4. The highest BCUT2D eigenvalue weighted by Gasteiger charge is 2.38. The minimum absolute atomic E-state index is 0.00446. The molecule has 5 aromatic rings. The van der Waals surface area contributed by atoms with Crippen molar-refractivity contribution < 1.29 is 31.1 Å². The molecule has 1 aliphatic rings. The van der Waals surface area contributed by atoms with Crippen LogP contribution in [0.3, 0.4) is 0 Å². The van der Waals surface area contributed by atoms with Crippen molar-refractivity contribution in [2.24, 2.45) is 7.05 Å². The lowest BCUT2D eigenvalue weighted by Crippen LogP contribution is -2.46. The van der Waals surface area contributed by atoms with Crippen LogP contribution < -0.4 is 5.56 Å². The Kier molecular flexibility index (Phi) is 7.89. The minimum atomic E-state index is -4.78. The number of nitrogens with zero attached hydrogens (tertiary/aromatic N) is 7. The van der Waals surface area contributed by atoms with Crippen LogP contribution in [-0.2, 0) is 32.4 Å². The van der Waals surface area contributed by atoms with E-state index in [4.69, 9.17) is 0 Å². The van der Waals surface area contributed by atoms with E-state index in [1.54, 1.807) is 55.3 Å². The summed E-state index contributed by atoms with van der Waals surface area (Å²) in [4.78, 5) is 33.6. The average molecular weight is 720 g/mol. The summed E-state index contributed by atoms with van der Waals surface area (Å²) in [7, 11) is 1.76. The van der Waals surface area contributed by atoms with Gasteiger partial charge in [0.25, 0.3) is 11.5 Å². The molecule has 0 aliphatic carbocycles. The molecule has 244 valence electrons. The lowest BCUT2D eigenvalue weighted by molar-refractivity contribution is -0.141. The molecular weight excluding hydrogens is 696 g/mol. The summed E-state index contributed by atoms with van der Waals surface area (Å²) in [6.07, 6.45) is -6.05. The maximum Gasteiger partial charge on any atom is 0.435 e. The lowest BCUT2D eigenvalue weighted by Gasteiger charge is -2.34. The van der Waals surface area contributed by atoms with Gasteiger partial charge in [0.2, 0.25) is 5.95 Å². The molecule has 0 N–H and O–H groups in total. The molecular formula is C31H24BrF6N7O2.